The minimum Gasteiger partial charge on any atom is -0.508 e. The zero-order valence-electron chi connectivity index (χ0n) is 9.63. The third-order valence-corrected chi connectivity index (χ3v) is 3.24. The second-order valence-corrected chi connectivity index (χ2v) is 4.57. The molecule has 0 aromatic heterocycles. The second kappa shape index (κ2) is 5.00. The minimum absolute atomic E-state index is 0.0528. The molecule has 0 spiro atoms. The normalized spacial score (nSPS) is 21.4. The van der Waals surface area contributed by atoms with Gasteiger partial charge in [-0.05, 0) is 31.0 Å². The summed E-state index contributed by atoms with van der Waals surface area (Å²) >= 11 is 0. The van der Waals surface area contributed by atoms with E-state index >= 15 is 0 Å². The van der Waals surface area contributed by atoms with Crippen LogP contribution in [0, 0.1) is 0 Å². The van der Waals surface area contributed by atoms with Crippen molar-refractivity contribution >= 4 is 0 Å². The van der Waals surface area contributed by atoms with Crippen molar-refractivity contribution in [1.82, 2.24) is 5.32 Å². The van der Waals surface area contributed by atoms with E-state index in [-0.39, 0.29) is 5.75 Å². The van der Waals surface area contributed by atoms with Crippen LogP contribution in [0.4, 0.5) is 8.78 Å². The van der Waals surface area contributed by atoms with E-state index in [0.717, 1.165) is 12.8 Å². The van der Waals surface area contributed by atoms with Crippen LogP contribution in [0.1, 0.15) is 24.8 Å². The lowest BCUT2D eigenvalue weighted by molar-refractivity contribution is -0.0445. The molecule has 1 aliphatic heterocycles. The van der Waals surface area contributed by atoms with Gasteiger partial charge in [-0.1, -0.05) is 24.6 Å². The standard InChI is InChI=1S/C13H17F2NO/c14-13(15,12-7-3-4-8-16-12)9-10-5-1-2-6-11(10)17/h1-2,5-6,12,16-17H,3-4,7-9H2. The maximum Gasteiger partial charge on any atom is 0.267 e. The van der Waals surface area contributed by atoms with Crippen molar-refractivity contribution < 1.29 is 13.9 Å². The van der Waals surface area contributed by atoms with Gasteiger partial charge in [0.2, 0.25) is 0 Å². The largest absolute Gasteiger partial charge is 0.508 e. The average molecular weight is 241 g/mol. The van der Waals surface area contributed by atoms with Crippen molar-refractivity contribution in [3.8, 4) is 5.75 Å². The van der Waals surface area contributed by atoms with Crippen molar-refractivity contribution in [3.05, 3.63) is 29.8 Å². The van der Waals surface area contributed by atoms with Crippen molar-refractivity contribution in [3.63, 3.8) is 0 Å². The van der Waals surface area contributed by atoms with E-state index < -0.39 is 18.4 Å². The first-order valence-corrected chi connectivity index (χ1v) is 5.98. The molecule has 17 heavy (non-hydrogen) atoms. The molecule has 1 aliphatic rings. The fraction of sp³-hybridized carbons (Fsp3) is 0.538. The maximum absolute atomic E-state index is 14.0. The molecule has 1 atom stereocenters. The van der Waals surface area contributed by atoms with Crippen molar-refractivity contribution in [1.29, 1.82) is 0 Å². The Morgan fingerprint density at radius 2 is 2.06 bits per heavy atom. The summed E-state index contributed by atoms with van der Waals surface area (Å²) in [6.45, 7) is 0.654. The molecule has 2 N–H and O–H groups in total. The number of nitrogens with one attached hydrogen (secondary N) is 1. The Kier molecular flexibility index (Phi) is 3.62. The molecular formula is C13H17F2NO. The van der Waals surface area contributed by atoms with Gasteiger partial charge in [-0.25, -0.2) is 8.78 Å². The molecule has 1 unspecified atom stereocenters. The molecule has 1 fully saturated rings. The van der Waals surface area contributed by atoms with Gasteiger partial charge in [0.05, 0.1) is 6.04 Å². The number of para-hydroxylation sites is 1. The number of phenolic OH excluding ortho intramolecular Hbond substituents is 1. The SMILES string of the molecule is Oc1ccccc1CC(F)(F)C1CCCCN1. The number of benzene rings is 1. The number of aromatic hydroxyl groups is 1. The summed E-state index contributed by atoms with van der Waals surface area (Å²) in [5.74, 6) is -2.86. The molecular weight excluding hydrogens is 224 g/mol. The predicted octanol–water partition coefficient (Wildman–Crippen LogP) is 2.71. The molecule has 0 radical (unpaired) electrons. The Labute approximate surface area is 99.7 Å². The highest BCUT2D eigenvalue weighted by Gasteiger charge is 2.40. The van der Waals surface area contributed by atoms with Gasteiger partial charge in [0.15, 0.2) is 0 Å². The molecule has 1 heterocycles. The van der Waals surface area contributed by atoms with Crippen molar-refractivity contribution in [2.45, 2.75) is 37.6 Å². The summed E-state index contributed by atoms with van der Waals surface area (Å²) in [7, 11) is 0. The summed E-state index contributed by atoms with van der Waals surface area (Å²) < 4.78 is 28.0. The van der Waals surface area contributed by atoms with E-state index in [4.69, 9.17) is 0 Å². The first kappa shape index (κ1) is 12.3. The van der Waals surface area contributed by atoms with Gasteiger partial charge in [-0.2, -0.15) is 0 Å². The monoisotopic (exact) mass is 241 g/mol. The molecule has 0 aliphatic carbocycles. The van der Waals surface area contributed by atoms with Gasteiger partial charge in [0.25, 0.3) is 5.92 Å². The van der Waals surface area contributed by atoms with Crippen LogP contribution in [-0.4, -0.2) is 23.6 Å². The van der Waals surface area contributed by atoms with Crippen LogP contribution in [0.2, 0.25) is 0 Å². The third kappa shape index (κ3) is 2.94. The number of piperidine rings is 1. The maximum atomic E-state index is 14.0. The van der Waals surface area contributed by atoms with Gasteiger partial charge in [-0.15, -0.1) is 0 Å². The van der Waals surface area contributed by atoms with Gasteiger partial charge in [0.1, 0.15) is 5.75 Å². The minimum atomic E-state index is -2.81. The summed E-state index contributed by atoms with van der Waals surface area (Å²) in [4.78, 5) is 0. The fourth-order valence-corrected chi connectivity index (χ4v) is 2.25. The first-order valence-electron chi connectivity index (χ1n) is 5.98. The topological polar surface area (TPSA) is 32.3 Å². The average Bonchev–Trinajstić information content (AvgIpc) is 2.33. The molecule has 1 saturated heterocycles. The van der Waals surface area contributed by atoms with Gasteiger partial charge < -0.3 is 10.4 Å². The molecule has 1 aromatic rings. The Balaban J connectivity index is 2.08. The molecule has 0 amide bonds. The van der Waals surface area contributed by atoms with Crippen LogP contribution in [0.15, 0.2) is 24.3 Å². The number of hydrogen-bond acceptors (Lipinski definition) is 2. The zero-order chi connectivity index (χ0) is 12.3. The van der Waals surface area contributed by atoms with E-state index in [1.165, 1.54) is 6.07 Å². The number of phenols is 1. The third-order valence-electron chi connectivity index (χ3n) is 3.24. The molecule has 1 aromatic carbocycles. The van der Waals surface area contributed by atoms with Crippen LogP contribution in [0.25, 0.3) is 0 Å². The van der Waals surface area contributed by atoms with Gasteiger partial charge in [0, 0.05) is 6.42 Å². The highest BCUT2D eigenvalue weighted by atomic mass is 19.3. The second-order valence-electron chi connectivity index (χ2n) is 4.57. The smallest absolute Gasteiger partial charge is 0.267 e. The van der Waals surface area contributed by atoms with Crippen LogP contribution < -0.4 is 5.32 Å². The fourth-order valence-electron chi connectivity index (χ4n) is 2.25. The van der Waals surface area contributed by atoms with Crippen LogP contribution in [-0.2, 0) is 6.42 Å². The van der Waals surface area contributed by atoms with E-state index in [1.807, 2.05) is 0 Å². The number of rotatable bonds is 3. The van der Waals surface area contributed by atoms with Crippen LogP contribution >= 0.6 is 0 Å². The summed E-state index contributed by atoms with van der Waals surface area (Å²) in [6.07, 6.45) is 1.90. The Hall–Kier alpha value is -1.16. The Morgan fingerprint density at radius 1 is 1.29 bits per heavy atom. The van der Waals surface area contributed by atoms with Crippen molar-refractivity contribution in [2.24, 2.45) is 0 Å². The zero-order valence-corrected chi connectivity index (χ0v) is 9.63. The molecule has 0 bridgehead atoms. The predicted molar refractivity (Wildman–Crippen MR) is 62.4 cm³/mol. The Morgan fingerprint density at radius 3 is 2.71 bits per heavy atom. The van der Waals surface area contributed by atoms with E-state index in [2.05, 4.69) is 5.32 Å². The number of hydrogen-bond donors (Lipinski definition) is 2. The van der Waals surface area contributed by atoms with Gasteiger partial charge in [-0.3, -0.25) is 0 Å². The number of alkyl halides is 2. The quantitative estimate of drug-likeness (QED) is 0.852. The lowest BCUT2D eigenvalue weighted by Crippen LogP contribution is -2.48. The Bertz CT molecular complexity index is 375. The highest BCUT2D eigenvalue weighted by molar-refractivity contribution is 5.32. The van der Waals surface area contributed by atoms with E-state index in [1.54, 1.807) is 18.2 Å². The summed E-state index contributed by atoms with van der Waals surface area (Å²) in [5.41, 5.74) is 0.310. The van der Waals surface area contributed by atoms with Crippen LogP contribution in [0.3, 0.4) is 0 Å². The first-order chi connectivity index (χ1) is 8.09. The van der Waals surface area contributed by atoms with E-state index in [9.17, 15) is 13.9 Å². The van der Waals surface area contributed by atoms with Crippen molar-refractivity contribution in [2.75, 3.05) is 6.54 Å². The van der Waals surface area contributed by atoms with Gasteiger partial charge >= 0.3 is 0 Å². The summed E-state index contributed by atoms with van der Waals surface area (Å²) in [6, 6.07) is 5.52. The molecule has 4 heteroatoms. The lowest BCUT2D eigenvalue weighted by atomic mass is 9.94. The molecule has 0 saturated carbocycles. The lowest BCUT2D eigenvalue weighted by Gasteiger charge is -2.31. The summed E-state index contributed by atoms with van der Waals surface area (Å²) in [5, 5.41) is 12.4. The molecule has 2 rings (SSSR count). The van der Waals surface area contributed by atoms with Crippen LogP contribution in [0.5, 0.6) is 5.75 Å². The highest BCUT2D eigenvalue weighted by Crippen LogP contribution is 2.31. The molecule has 94 valence electrons. The van der Waals surface area contributed by atoms with E-state index in [0.29, 0.717) is 18.5 Å². The number of halogens is 2. The molecule has 2 nitrogen and oxygen atoms in total.